The van der Waals surface area contributed by atoms with Gasteiger partial charge in [0.15, 0.2) is 0 Å². The molecule has 0 saturated heterocycles. The Labute approximate surface area is 167 Å². The van der Waals surface area contributed by atoms with Crippen molar-refractivity contribution in [3.05, 3.63) is 58.6 Å². The number of hydrogen-bond acceptors (Lipinski definition) is 4. The number of nitrogens with two attached hydrogens (primary N) is 1. The molecule has 28 heavy (non-hydrogen) atoms. The van der Waals surface area contributed by atoms with E-state index >= 15 is 0 Å². The number of benzene rings is 2. The molecule has 2 aromatic rings. The highest BCUT2D eigenvalue weighted by molar-refractivity contribution is 7.91. The summed E-state index contributed by atoms with van der Waals surface area (Å²) in [4.78, 5) is -0.632. The van der Waals surface area contributed by atoms with Crippen molar-refractivity contribution in [2.75, 3.05) is 6.61 Å². The SMILES string of the molecule is C[C@](N)(CO)CCCc1ccc(S(=O)(=O)c2cccc(C(F)(F)F)c2)cc1Cl. The van der Waals surface area contributed by atoms with E-state index in [0.717, 1.165) is 18.2 Å². The van der Waals surface area contributed by atoms with Gasteiger partial charge in [-0.3, -0.25) is 0 Å². The van der Waals surface area contributed by atoms with Gasteiger partial charge in [-0.1, -0.05) is 23.7 Å². The maximum Gasteiger partial charge on any atom is 0.416 e. The standard InChI is InChI=1S/C19H21ClF3NO3S/c1-18(24,12-25)9-3-4-13-7-8-16(11-17(13)20)28(26,27)15-6-2-5-14(10-15)19(21,22)23/h2,5-8,10-11,25H,3-4,9,12,24H2,1H3/t18-/m1/s1. The van der Waals surface area contributed by atoms with Gasteiger partial charge in [0.25, 0.3) is 0 Å². The Kier molecular flexibility index (Phi) is 6.81. The van der Waals surface area contributed by atoms with E-state index in [9.17, 15) is 21.6 Å². The van der Waals surface area contributed by atoms with Crippen LogP contribution in [0.3, 0.4) is 0 Å². The van der Waals surface area contributed by atoms with Crippen LogP contribution in [0.2, 0.25) is 5.02 Å². The Hall–Kier alpha value is -1.61. The van der Waals surface area contributed by atoms with Gasteiger partial charge in [-0.25, -0.2) is 8.42 Å². The fraction of sp³-hybridized carbons (Fsp3) is 0.368. The molecule has 0 unspecified atom stereocenters. The summed E-state index contributed by atoms with van der Waals surface area (Å²) < 4.78 is 64.0. The fourth-order valence-electron chi connectivity index (χ4n) is 2.64. The minimum absolute atomic E-state index is 0.158. The Morgan fingerprint density at radius 1 is 1.11 bits per heavy atom. The summed E-state index contributed by atoms with van der Waals surface area (Å²) in [5.41, 5.74) is 4.81. The molecular formula is C19H21ClF3NO3S. The predicted octanol–water partition coefficient (Wildman–Crippen LogP) is 4.22. The first-order chi connectivity index (χ1) is 12.9. The highest BCUT2D eigenvalue weighted by Gasteiger charge is 2.32. The van der Waals surface area contributed by atoms with Crippen LogP contribution in [-0.2, 0) is 22.4 Å². The number of aliphatic hydroxyl groups is 1. The molecule has 0 amide bonds. The van der Waals surface area contributed by atoms with Crippen molar-refractivity contribution in [2.45, 2.75) is 47.7 Å². The molecule has 0 spiro atoms. The zero-order chi connectivity index (χ0) is 21.2. The molecule has 0 saturated carbocycles. The van der Waals surface area contributed by atoms with E-state index in [1.54, 1.807) is 6.92 Å². The number of aryl methyl sites for hydroxylation is 1. The van der Waals surface area contributed by atoms with Gasteiger partial charge in [0, 0.05) is 10.6 Å². The van der Waals surface area contributed by atoms with Crippen LogP contribution in [0, 0.1) is 0 Å². The number of aliphatic hydroxyl groups excluding tert-OH is 1. The van der Waals surface area contributed by atoms with Crippen molar-refractivity contribution in [1.29, 1.82) is 0 Å². The summed E-state index contributed by atoms with van der Waals surface area (Å²) in [5.74, 6) is 0. The van der Waals surface area contributed by atoms with Crippen LogP contribution in [0.15, 0.2) is 52.3 Å². The fourth-order valence-corrected chi connectivity index (χ4v) is 4.31. The molecule has 0 heterocycles. The second-order valence-corrected chi connectivity index (χ2v) is 9.30. The Morgan fingerprint density at radius 2 is 1.75 bits per heavy atom. The second-order valence-electron chi connectivity index (χ2n) is 6.95. The third-order valence-corrected chi connectivity index (χ3v) is 6.46. The van der Waals surface area contributed by atoms with Gasteiger partial charge in [-0.15, -0.1) is 0 Å². The molecule has 1 atom stereocenters. The molecule has 9 heteroatoms. The first-order valence-corrected chi connectivity index (χ1v) is 10.3. The number of alkyl halides is 3. The molecule has 0 aromatic heterocycles. The van der Waals surface area contributed by atoms with Gasteiger partial charge in [0.05, 0.1) is 22.0 Å². The summed E-state index contributed by atoms with van der Waals surface area (Å²) in [6.45, 7) is 1.56. The van der Waals surface area contributed by atoms with Gasteiger partial charge >= 0.3 is 6.18 Å². The average molecular weight is 436 g/mol. The number of hydrogen-bond donors (Lipinski definition) is 2. The van der Waals surface area contributed by atoms with Crippen LogP contribution in [-0.4, -0.2) is 25.7 Å². The number of halogens is 4. The summed E-state index contributed by atoms with van der Waals surface area (Å²) in [6, 6.07) is 7.68. The van der Waals surface area contributed by atoms with Crippen molar-refractivity contribution < 1.29 is 26.7 Å². The minimum atomic E-state index is -4.64. The molecule has 0 aliphatic heterocycles. The number of sulfone groups is 1. The average Bonchev–Trinajstić information content (AvgIpc) is 2.62. The second kappa shape index (κ2) is 8.41. The van der Waals surface area contributed by atoms with Gasteiger partial charge in [-0.2, -0.15) is 13.2 Å². The van der Waals surface area contributed by atoms with E-state index in [1.165, 1.54) is 18.2 Å². The summed E-state index contributed by atoms with van der Waals surface area (Å²) >= 11 is 6.19. The predicted molar refractivity (Wildman–Crippen MR) is 101 cm³/mol. The van der Waals surface area contributed by atoms with Crippen LogP contribution in [0.5, 0.6) is 0 Å². The van der Waals surface area contributed by atoms with Crippen molar-refractivity contribution in [3.63, 3.8) is 0 Å². The molecule has 0 radical (unpaired) electrons. The Balaban J connectivity index is 2.25. The van der Waals surface area contributed by atoms with Gasteiger partial charge < -0.3 is 10.8 Å². The summed E-state index contributed by atoms with van der Waals surface area (Å²) in [7, 11) is -4.15. The quantitative estimate of drug-likeness (QED) is 0.682. The van der Waals surface area contributed by atoms with Crippen molar-refractivity contribution in [3.8, 4) is 0 Å². The molecule has 0 aliphatic rings. The zero-order valence-corrected chi connectivity index (χ0v) is 16.7. The lowest BCUT2D eigenvalue weighted by Crippen LogP contribution is -2.40. The molecule has 2 aromatic carbocycles. The Bertz CT molecular complexity index is 944. The lowest BCUT2D eigenvalue weighted by Gasteiger charge is -2.21. The van der Waals surface area contributed by atoms with Crippen LogP contribution in [0.1, 0.15) is 30.9 Å². The molecule has 4 nitrogen and oxygen atoms in total. The molecule has 0 aliphatic carbocycles. The van der Waals surface area contributed by atoms with Crippen LogP contribution >= 0.6 is 11.6 Å². The van der Waals surface area contributed by atoms with E-state index in [-0.39, 0.29) is 16.5 Å². The maximum atomic E-state index is 12.9. The third kappa shape index (κ3) is 5.47. The lowest BCUT2D eigenvalue weighted by molar-refractivity contribution is -0.137. The van der Waals surface area contributed by atoms with Crippen molar-refractivity contribution in [1.82, 2.24) is 0 Å². The highest BCUT2D eigenvalue weighted by atomic mass is 35.5. The molecule has 2 rings (SSSR count). The molecule has 154 valence electrons. The topological polar surface area (TPSA) is 80.4 Å². The molecule has 3 N–H and O–H groups in total. The monoisotopic (exact) mass is 435 g/mol. The van der Waals surface area contributed by atoms with E-state index in [2.05, 4.69) is 0 Å². The first-order valence-electron chi connectivity index (χ1n) is 8.47. The summed E-state index contributed by atoms with van der Waals surface area (Å²) in [6.07, 6.45) is -2.94. The Morgan fingerprint density at radius 3 is 2.32 bits per heavy atom. The van der Waals surface area contributed by atoms with E-state index in [0.29, 0.717) is 30.9 Å². The van der Waals surface area contributed by atoms with Gasteiger partial charge in [0.2, 0.25) is 9.84 Å². The lowest BCUT2D eigenvalue weighted by atomic mass is 9.95. The van der Waals surface area contributed by atoms with E-state index in [1.807, 2.05) is 0 Å². The molecule has 0 fully saturated rings. The van der Waals surface area contributed by atoms with Crippen molar-refractivity contribution in [2.24, 2.45) is 5.73 Å². The van der Waals surface area contributed by atoms with Gasteiger partial charge in [0.1, 0.15) is 0 Å². The number of rotatable bonds is 7. The van der Waals surface area contributed by atoms with E-state index in [4.69, 9.17) is 22.4 Å². The van der Waals surface area contributed by atoms with Crippen LogP contribution in [0.4, 0.5) is 13.2 Å². The first kappa shape index (κ1) is 22.7. The van der Waals surface area contributed by atoms with Crippen LogP contribution < -0.4 is 5.73 Å². The third-order valence-electron chi connectivity index (χ3n) is 4.36. The normalized spacial score (nSPS) is 14.7. The van der Waals surface area contributed by atoms with Gasteiger partial charge in [-0.05, 0) is 62.1 Å². The minimum Gasteiger partial charge on any atom is -0.394 e. The molecule has 0 bridgehead atoms. The largest absolute Gasteiger partial charge is 0.416 e. The molecular weight excluding hydrogens is 415 g/mol. The maximum absolute atomic E-state index is 12.9. The van der Waals surface area contributed by atoms with Crippen molar-refractivity contribution >= 4 is 21.4 Å². The summed E-state index contributed by atoms with van der Waals surface area (Å²) in [5, 5.41) is 9.37. The van der Waals surface area contributed by atoms with E-state index < -0.39 is 32.0 Å². The zero-order valence-electron chi connectivity index (χ0n) is 15.1. The smallest absolute Gasteiger partial charge is 0.394 e. The highest BCUT2D eigenvalue weighted by Crippen LogP contribution is 2.33. The van der Waals surface area contributed by atoms with Crippen LogP contribution in [0.25, 0.3) is 0 Å².